The topological polar surface area (TPSA) is 79.5 Å². The minimum absolute atomic E-state index is 0.0575. The molecule has 1 aliphatic heterocycles. The Morgan fingerprint density at radius 2 is 1.95 bits per heavy atom. The molecule has 0 saturated carbocycles. The third kappa shape index (κ3) is 6.26. The van der Waals surface area contributed by atoms with Crippen LogP contribution in [0, 0.1) is 11.8 Å². The fourth-order valence-electron chi connectivity index (χ4n) is 4.63. The first kappa shape index (κ1) is 27.2. The van der Waals surface area contributed by atoms with Gasteiger partial charge in [0, 0.05) is 24.8 Å². The van der Waals surface area contributed by atoms with Crippen molar-refractivity contribution in [3.63, 3.8) is 0 Å². The van der Waals surface area contributed by atoms with Crippen LogP contribution in [0.4, 0.5) is 23.4 Å². The Morgan fingerprint density at radius 3 is 2.70 bits per heavy atom. The van der Waals surface area contributed by atoms with Crippen LogP contribution < -0.4 is 10.6 Å². The second-order valence-corrected chi connectivity index (χ2v) is 9.64. The number of nitrogens with zero attached hydrogens (tertiary/aromatic N) is 5. The van der Waals surface area contributed by atoms with Crippen molar-refractivity contribution in [1.82, 2.24) is 29.6 Å². The predicted octanol–water partition coefficient (Wildman–Crippen LogP) is 3.86. The Hall–Kier alpha value is -4.37. The summed E-state index contributed by atoms with van der Waals surface area (Å²) in [4.78, 5) is 14.4. The number of fused-ring (bicyclic) bond motifs is 1. The largest absolute Gasteiger partial charge is 0.393 e. The number of aromatic nitrogens is 4. The van der Waals surface area contributed by atoms with Gasteiger partial charge in [0.05, 0.1) is 42.0 Å². The van der Waals surface area contributed by atoms with E-state index in [-0.39, 0.29) is 29.9 Å². The lowest BCUT2D eigenvalue weighted by atomic mass is 10.0. The van der Waals surface area contributed by atoms with E-state index < -0.39 is 30.7 Å². The molecule has 1 aliphatic rings. The normalized spacial score (nSPS) is 17.8. The smallest absolute Gasteiger partial charge is 0.364 e. The molecule has 0 unspecified atom stereocenters. The van der Waals surface area contributed by atoms with Gasteiger partial charge < -0.3 is 15.5 Å². The third-order valence-electron chi connectivity index (χ3n) is 6.62. The number of carbonyl (C=O) groups is 1. The lowest BCUT2D eigenvalue weighted by Crippen LogP contribution is -2.46. The molecule has 2 N–H and O–H groups in total. The number of carbonyl (C=O) groups excluding carboxylic acids is 1. The van der Waals surface area contributed by atoms with Gasteiger partial charge in [-0.25, -0.2) is 13.6 Å². The molecule has 1 amide bonds. The van der Waals surface area contributed by atoms with Gasteiger partial charge in [-0.2, -0.15) is 23.4 Å². The summed E-state index contributed by atoms with van der Waals surface area (Å²) >= 11 is 0. The summed E-state index contributed by atoms with van der Waals surface area (Å²) in [6.07, 6.45) is -3.32. The van der Waals surface area contributed by atoms with Gasteiger partial charge in [0.15, 0.2) is 0 Å². The summed E-state index contributed by atoms with van der Waals surface area (Å²) in [5.41, 5.74) is 1.19. The van der Waals surface area contributed by atoms with Gasteiger partial charge in [0.2, 0.25) is 0 Å². The maximum absolute atomic E-state index is 14.6. The van der Waals surface area contributed by atoms with Crippen molar-refractivity contribution in [3.05, 3.63) is 77.7 Å². The first-order valence-corrected chi connectivity index (χ1v) is 12.7. The van der Waals surface area contributed by atoms with Crippen molar-refractivity contribution in [3.8, 4) is 17.5 Å². The van der Waals surface area contributed by atoms with Crippen molar-refractivity contribution in [2.45, 2.75) is 31.2 Å². The SMILES string of the molecule is CN1CC[C@@H](Nc2cccc3c(CC(F)(F)F)c(C#CCNC(=O)c4cnn(-c5ccccc5)c4)nn23)[C@@H](F)C1. The minimum Gasteiger partial charge on any atom is -0.364 e. The highest BCUT2D eigenvalue weighted by Crippen LogP contribution is 2.28. The molecule has 1 aromatic carbocycles. The predicted molar refractivity (Wildman–Crippen MR) is 142 cm³/mol. The number of anilines is 1. The molecule has 1 fully saturated rings. The van der Waals surface area contributed by atoms with E-state index in [1.165, 1.54) is 16.8 Å². The Kier molecular flexibility index (Phi) is 7.75. The van der Waals surface area contributed by atoms with Gasteiger partial charge in [0.1, 0.15) is 17.7 Å². The molecule has 2 atom stereocenters. The van der Waals surface area contributed by atoms with Crippen molar-refractivity contribution in [2.75, 3.05) is 32.0 Å². The lowest BCUT2D eigenvalue weighted by molar-refractivity contribution is -0.127. The molecule has 5 rings (SSSR count). The van der Waals surface area contributed by atoms with Crippen LogP contribution in [0.2, 0.25) is 0 Å². The molecule has 40 heavy (non-hydrogen) atoms. The maximum atomic E-state index is 14.6. The van der Waals surface area contributed by atoms with Crippen molar-refractivity contribution < 1.29 is 22.4 Å². The molecular formula is C28H27F4N7O. The fourth-order valence-corrected chi connectivity index (χ4v) is 4.63. The number of pyridine rings is 1. The second kappa shape index (κ2) is 11.4. The summed E-state index contributed by atoms with van der Waals surface area (Å²) in [6, 6.07) is 13.6. The number of alkyl halides is 4. The van der Waals surface area contributed by atoms with Crippen LogP contribution in [-0.4, -0.2) is 75.3 Å². The van der Waals surface area contributed by atoms with Gasteiger partial charge in [-0.3, -0.25) is 4.79 Å². The monoisotopic (exact) mass is 553 g/mol. The van der Waals surface area contributed by atoms with E-state index in [9.17, 15) is 22.4 Å². The van der Waals surface area contributed by atoms with E-state index in [0.29, 0.717) is 24.3 Å². The van der Waals surface area contributed by atoms with Crippen LogP contribution in [0.15, 0.2) is 60.9 Å². The molecular weight excluding hydrogens is 526 g/mol. The number of hydrogen-bond acceptors (Lipinski definition) is 5. The summed E-state index contributed by atoms with van der Waals surface area (Å²) in [6.45, 7) is 0.850. The van der Waals surface area contributed by atoms with Crippen molar-refractivity contribution in [1.29, 1.82) is 0 Å². The standard InChI is InChI=1S/C28H27F4N7O/c1-37-14-12-24(22(29)18-37)35-26-11-5-10-25-21(15-28(30,31)32)23(36-39(25)26)9-6-13-33-27(40)19-16-34-38(17-19)20-7-3-2-4-8-20/h2-5,7-8,10-11,16-17,22,24,35H,12-15,18H2,1H3,(H,33,40)/t22-,24+/m0/s1. The lowest BCUT2D eigenvalue weighted by Gasteiger charge is -2.33. The molecule has 0 bridgehead atoms. The molecule has 0 aliphatic carbocycles. The van der Waals surface area contributed by atoms with Crippen LogP contribution in [0.3, 0.4) is 0 Å². The number of likely N-dealkylation sites (tertiary alicyclic amines) is 1. The van der Waals surface area contributed by atoms with Crippen molar-refractivity contribution in [2.24, 2.45) is 0 Å². The van der Waals surface area contributed by atoms with Crippen molar-refractivity contribution >= 4 is 17.2 Å². The third-order valence-corrected chi connectivity index (χ3v) is 6.62. The number of hydrogen-bond donors (Lipinski definition) is 2. The first-order valence-electron chi connectivity index (χ1n) is 12.7. The maximum Gasteiger partial charge on any atom is 0.393 e. The Morgan fingerprint density at radius 1 is 1.15 bits per heavy atom. The number of halogens is 4. The van der Waals surface area contributed by atoms with Crippen LogP contribution in [0.1, 0.15) is 28.0 Å². The second-order valence-electron chi connectivity index (χ2n) is 9.64. The van der Waals surface area contributed by atoms with Crippen LogP contribution in [0.25, 0.3) is 11.2 Å². The number of para-hydroxylation sites is 1. The van der Waals surface area contributed by atoms with Gasteiger partial charge in [-0.15, -0.1) is 0 Å². The molecule has 0 spiro atoms. The highest BCUT2D eigenvalue weighted by Gasteiger charge is 2.32. The molecule has 0 radical (unpaired) electrons. The molecule has 1 saturated heterocycles. The highest BCUT2D eigenvalue weighted by atomic mass is 19.4. The zero-order valence-electron chi connectivity index (χ0n) is 21.6. The van der Waals surface area contributed by atoms with Crippen LogP contribution in [0.5, 0.6) is 0 Å². The van der Waals surface area contributed by atoms with E-state index in [1.54, 1.807) is 23.0 Å². The van der Waals surface area contributed by atoms with Gasteiger partial charge in [-0.1, -0.05) is 30.2 Å². The van der Waals surface area contributed by atoms with Gasteiger partial charge in [-0.05, 0) is 43.7 Å². The zero-order chi connectivity index (χ0) is 28.3. The molecule has 208 valence electrons. The zero-order valence-corrected chi connectivity index (χ0v) is 21.6. The Bertz CT molecular complexity index is 1550. The molecule has 12 heteroatoms. The van der Waals surface area contributed by atoms with E-state index in [2.05, 4.69) is 32.7 Å². The minimum atomic E-state index is -4.49. The summed E-state index contributed by atoms with van der Waals surface area (Å²) in [7, 11) is 1.84. The Balaban J connectivity index is 1.34. The van der Waals surface area contributed by atoms with E-state index >= 15 is 0 Å². The quantitative estimate of drug-likeness (QED) is 0.280. The van der Waals surface area contributed by atoms with E-state index in [4.69, 9.17) is 0 Å². The number of benzene rings is 1. The summed E-state index contributed by atoms with van der Waals surface area (Å²) in [5, 5.41) is 14.3. The fraction of sp³-hybridized carbons (Fsp3) is 0.321. The summed E-state index contributed by atoms with van der Waals surface area (Å²) in [5.74, 6) is 5.35. The van der Waals surface area contributed by atoms with Crippen LogP contribution >= 0.6 is 0 Å². The van der Waals surface area contributed by atoms with E-state index in [1.807, 2.05) is 42.3 Å². The number of amides is 1. The molecule has 8 nitrogen and oxygen atoms in total. The first-order chi connectivity index (χ1) is 19.2. The number of rotatable bonds is 6. The molecule has 3 aromatic heterocycles. The number of piperidine rings is 1. The average Bonchev–Trinajstić information content (AvgIpc) is 3.54. The van der Waals surface area contributed by atoms with Gasteiger partial charge >= 0.3 is 6.18 Å². The number of nitrogens with one attached hydrogen (secondary N) is 2. The molecule has 4 heterocycles. The average molecular weight is 554 g/mol. The Labute approximate surface area is 228 Å². The highest BCUT2D eigenvalue weighted by molar-refractivity contribution is 5.93. The van der Waals surface area contributed by atoms with E-state index in [0.717, 1.165) is 5.69 Å². The van der Waals surface area contributed by atoms with Crippen LogP contribution in [-0.2, 0) is 6.42 Å². The van der Waals surface area contributed by atoms with Gasteiger partial charge in [0.25, 0.3) is 5.91 Å². The summed E-state index contributed by atoms with van der Waals surface area (Å²) < 4.78 is 57.9. The molecule has 4 aromatic rings.